The Kier molecular flexibility index (Phi) is 5.88. The van der Waals surface area contributed by atoms with E-state index in [9.17, 15) is 14.7 Å². The van der Waals surface area contributed by atoms with Crippen LogP contribution >= 0.6 is 0 Å². The fourth-order valence-corrected chi connectivity index (χ4v) is 4.25. The molecule has 2 amide bonds. The predicted molar refractivity (Wildman–Crippen MR) is 121 cm³/mol. The van der Waals surface area contributed by atoms with E-state index in [1.807, 2.05) is 55.6 Å². The molecule has 0 spiro atoms. The first kappa shape index (κ1) is 21.8. The SMILES string of the molecule is CNC(=O)c1ccc(-c2nc3cc(C)ccn3c2CC2CN(C(=O)O)C(C)CO2)c(C)c1. The number of carbonyl (C=O) groups excluding carboxylic acids is 1. The number of hydrogen-bond donors (Lipinski definition) is 2. The lowest BCUT2D eigenvalue weighted by Gasteiger charge is -2.36. The first-order chi connectivity index (χ1) is 15.3. The molecule has 0 saturated carbocycles. The maximum absolute atomic E-state index is 12.0. The van der Waals surface area contributed by atoms with Crippen LogP contribution < -0.4 is 5.32 Å². The molecule has 1 saturated heterocycles. The molecule has 168 valence electrons. The van der Waals surface area contributed by atoms with Gasteiger partial charge in [0.25, 0.3) is 5.91 Å². The van der Waals surface area contributed by atoms with Crippen LogP contribution in [0.5, 0.6) is 0 Å². The highest BCUT2D eigenvalue weighted by atomic mass is 16.5. The highest BCUT2D eigenvalue weighted by Gasteiger charge is 2.31. The van der Waals surface area contributed by atoms with Crippen LogP contribution in [0.15, 0.2) is 36.5 Å². The van der Waals surface area contributed by atoms with Gasteiger partial charge >= 0.3 is 6.09 Å². The molecule has 1 aromatic carbocycles. The van der Waals surface area contributed by atoms with E-state index < -0.39 is 6.09 Å². The van der Waals surface area contributed by atoms with Crippen molar-refractivity contribution >= 4 is 17.6 Å². The lowest BCUT2D eigenvalue weighted by molar-refractivity contribution is -0.0484. The normalized spacial score (nSPS) is 18.7. The molecule has 3 aromatic rings. The topological polar surface area (TPSA) is 96.2 Å². The Morgan fingerprint density at radius 1 is 1.25 bits per heavy atom. The Morgan fingerprint density at radius 2 is 2.03 bits per heavy atom. The molecule has 4 rings (SSSR count). The predicted octanol–water partition coefficient (Wildman–Crippen LogP) is 3.29. The van der Waals surface area contributed by atoms with Crippen LogP contribution in [0.3, 0.4) is 0 Å². The quantitative estimate of drug-likeness (QED) is 0.654. The summed E-state index contributed by atoms with van der Waals surface area (Å²) >= 11 is 0. The van der Waals surface area contributed by atoms with Crippen molar-refractivity contribution in [2.45, 2.75) is 39.3 Å². The minimum Gasteiger partial charge on any atom is -0.465 e. The number of amides is 2. The van der Waals surface area contributed by atoms with Crippen molar-refractivity contribution in [3.05, 3.63) is 58.9 Å². The monoisotopic (exact) mass is 436 g/mol. The smallest absolute Gasteiger partial charge is 0.407 e. The molecule has 1 aliphatic heterocycles. The Bertz CT molecular complexity index is 1190. The largest absolute Gasteiger partial charge is 0.465 e. The molecule has 1 aliphatic rings. The van der Waals surface area contributed by atoms with E-state index >= 15 is 0 Å². The number of carbonyl (C=O) groups is 2. The zero-order valence-corrected chi connectivity index (χ0v) is 18.8. The summed E-state index contributed by atoms with van der Waals surface area (Å²) in [5.41, 5.74) is 6.18. The number of nitrogens with zero attached hydrogens (tertiary/aromatic N) is 3. The maximum atomic E-state index is 12.0. The maximum Gasteiger partial charge on any atom is 0.407 e. The number of hydrogen-bond acceptors (Lipinski definition) is 4. The van der Waals surface area contributed by atoms with Crippen molar-refractivity contribution in [2.24, 2.45) is 0 Å². The van der Waals surface area contributed by atoms with Gasteiger partial charge in [0, 0.05) is 30.8 Å². The summed E-state index contributed by atoms with van der Waals surface area (Å²) in [6, 6.07) is 9.45. The fourth-order valence-electron chi connectivity index (χ4n) is 4.25. The van der Waals surface area contributed by atoms with Gasteiger partial charge in [-0.25, -0.2) is 9.78 Å². The van der Waals surface area contributed by atoms with Crippen LogP contribution in [0.25, 0.3) is 16.9 Å². The summed E-state index contributed by atoms with van der Waals surface area (Å²) in [6.07, 6.45) is 1.31. The molecule has 0 bridgehead atoms. The van der Waals surface area contributed by atoms with Gasteiger partial charge in [-0.1, -0.05) is 6.07 Å². The average molecular weight is 437 g/mol. The fraction of sp³-hybridized carbons (Fsp3) is 0.375. The third-order valence-electron chi connectivity index (χ3n) is 6.02. The van der Waals surface area contributed by atoms with Crippen molar-refractivity contribution in [3.63, 3.8) is 0 Å². The number of aromatic nitrogens is 2. The molecule has 0 aliphatic carbocycles. The van der Waals surface area contributed by atoms with Gasteiger partial charge in [-0.2, -0.15) is 0 Å². The Hall–Kier alpha value is -3.39. The first-order valence-electron chi connectivity index (χ1n) is 10.7. The molecular formula is C24H28N4O4. The Morgan fingerprint density at radius 3 is 2.72 bits per heavy atom. The minimum atomic E-state index is -0.930. The van der Waals surface area contributed by atoms with Gasteiger partial charge in [0.15, 0.2) is 0 Å². The van der Waals surface area contributed by atoms with Gasteiger partial charge in [0.1, 0.15) is 5.65 Å². The summed E-state index contributed by atoms with van der Waals surface area (Å²) in [5, 5.41) is 12.2. The third-order valence-corrected chi connectivity index (χ3v) is 6.02. The number of ether oxygens (including phenoxy) is 1. The first-order valence-corrected chi connectivity index (χ1v) is 10.7. The molecule has 2 N–H and O–H groups in total. The number of fused-ring (bicyclic) bond motifs is 1. The van der Waals surface area contributed by atoms with Gasteiger partial charge in [-0.05, 0) is 56.2 Å². The van der Waals surface area contributed by atoms with Gasteiger partial charge in [0.05, 0.1) is 36.7 Å². The molecule has 8 heteroatoms. The Labute approximate surface area is 186 Å². The lowest BCUT2D eigenvalue weighted by Crippen LogP contribution is -2.51. The number of carboxylic acid groups (broad SMARTS) is 1. The highest BCUT2D eigenvalue weighted by molar-refractivity contribution is 5.95. The lowest BCUT2D eigenvalue weighted by atomic mass is 9.99. The van der Waals surface area contributed by atoms with Crippen LogP contribution in [0.2, 0.25) is 0 Å². The van der Waals surface area contributed by atoms with E-state index in [0.717, 1.165) is 33.7 Å². The van der Waals surface area contributed by atoms with Gasteiger partial charge in [-0.3, -0.25) is 4.79 Å². The van der Waals surface area contributed by atoms with E-state index in [4.69, 9.17) is 9.72 Å². The van der Waals surface area contributed by atoms with Crippen molar-refractivity contribution in [3.8, 4) is 11.3 Å². The van der Waals surface area contributed by atoms with Gasteiger partial charge in [-0.15, -0.1) is 0 Å². The van der Waals surface area contributed by atoms with E-state index in [1.54, 1.807) is 13.1 Å². The van der Waals surface area contributed by atoms with Gasteiger partial charge in [0.2, 0.25) is 0 Å². The number of imidazole rings is 1. The van der Waals surface area contributed by atoms with Crippen LogP contribution in [0.1, 0.15) is 34.1 Å². The second-order valence-corrected chi connectivity index (χ2v) is 8.39. The molecule has 32 heavy (non-hydrogen) atoms. The molecule has 2 unspecified atom stereocenters. The molecule has 3 heterocycles. The average Bonchev–Trinajstić information content (AvgIpc) is 3.11. The van der Waals surface area contributed by atoms with Gasteiger partial charge < -0.3 is 24.5 Å². The molecule has 2 atom stereocenters. The van der Waals surface area contributed by atoms with Crippen LogP contribution in [-0.4, -0.2) is 63.7 Å². The number of rotatable bonds is 4. The third kappa shape index (κ3) is 4.05. The summed E-state index contributed by atoms with van der Waals surface area (Å²) in [5.74, 6) is -0.135. The summed E-state index contributed by atoms with van der Waals surface area (Å²) in [6.45, 7) is 6.51. The number of pyridine rings is 1. The summed E-state index contributed by atoms with van der Waals surface area (Å²) in [7, 11) is 1.61. The second-order valence-electron chi connectivity index (χ2n) is 8.39. The standard InChI is InChI=1S/C24H28N4O4/c1-14-7-8-27-20(11-18-12-28(24(30)31)16(3)13-32-18)22(26-21(27)9-14)19-6-5-17(10-15(19)2)23(29)25-4/h5-10,16,18H,11-13H2,1-4H3,(H,25,29)(H,30,31). The molecule has 8 nitrogen and oxygen atoms in total. The van der Waals surface area contributed by atoms with Crippen molar-refractivity contribution in [1.82, 2.24) is 19.6 Å². The van der Waals surface area contributed by atoms with Crippen molar-refractivity contribution in [1.29, 1.82) is 0 Å². The zero-order chi connectivity index (χ0) is 23.0. The number of morpholine rings is 1. The highest BCUT2D eigenvalue weighted by Crippen LogP contribution is 2.30. The molecule has 1 fully saturated rings. The van der Waals surface area contributed by atoms with Crippen molar-refractivity contribution < 1.29 is 19.4 Å². The summed E-state index contributed by atoms with van der Waals surface area (Å²) < 4.78 is 8.05. The van der Waals surface area contributed by atoms with E-state index in [-0.39, 0.29) is 18.1 Å². The van der Waals surface area contributed by atoms with E-state index in [1.165, 1.54) is 4.90 Å². The summed E-state index contributed by atoms with van der Waals surface area (Å²) in [4.78, 5) is 30.0. The van der Waals surface area contributed by atoms with Crippen LogP contribution in [-0.2, 0) is 11.2 Å². The number of nitrogens with one attached hydrogen (secondary N) is 1. The minimum absolute atomic E-state index is 0.135. The molecular weight excluding hydrogens is 408 g/mol. The second kappa shape index (κ2) is 8.63. The number of benzene rings is 1. The Balaban J connectivity index is 1.76. The zero-order valence-electron chi connectivity index (χ0n) is 18.8. The van der Waals surface area contributed by atoms with Crippen LogP contribution in [0.4, 0.5) is 4.79 Å². The molecule has 2 aromatic heterocycles. The number of aryl methyl sites for hydroxylation is 2. The van der Waals surface area contributed by atoms with E-state index in [2.05, 4.69) is 5.32 Å². The van der Waals surface area contributed by atoms with Crippen LogP contribution in [0, 0.1) is 13.8 Å². The van der Waals surface area contributed by atoms with E-state index in [0.29, 0.717) is 25.1 Å². The van der Waals surface area contributed by atoms with Crippen molar-refractivity contribution in [2.75, 3.05) is 20.2 Å². The molecule has 0 radical (unpaired) electrons.